The average Bonchev–Trinajstić information content (AvgIpc) is 2.04. The standard InChI is InChI=1S/C9H9N2/c1-11-7-4-9(5-8-11)3-2-6-10/h2-5,7-8H,1H3/q+1/b3-2+. The van der Waals surface area contributed by atoms with Crippen LogP contribution in [0.1, 0.15) is 5.56 Å². The molecule has 0 fully saturated rings. The molecule has 2 heteroatoms. The van der Waals surface area contributed by atoms with Crippen molar-refractivity contribution in [3.05, 3.63) is 36.2 Å². The summed E-state index contributed by atoms with van der Waals surface area (Å²) < 4.78 is 1.95. The Bertz CT molecular complexity index is 290. The van der Waals surface area contributed by atoms with Gasteiger partial charge in [-0.15, -0.1) is 0 Å². The fourth-order valence-corrected chi connectivity index (χ4v) is 0.757. The van der Waals surface area contributed by atoms with Crippen molar-refractivity contribution in [1.82, 2.24) is 0 Å². The van der Waals surface area contributed by atoms with Gasteiger partial charge in [0, 0.05) is 18.2 Å². The zero-order valence-corrected chi connectivity index (χ0v) is 6.36. The minimum Gasteiger partial charge on any atom is -0.208 e. The van der Waals surface area contributed by atoms with Crippen LogP contribution in [-0.4, -0.2) is 0 Å². The van der Waals surface area contributed by atoms with Crippen molar-refractivity contribution >= 4 is 6.08 Å². The fraction of sp³-hybridized carbons (Fsp3) is 0.111. The fourth-order valence-electron chi connectivity index (χ4n) is 0.757. The van der Waals surface area contributed by atoms with Gasteiger partial charge in [0.2, 0.25) is 0 Å². The zero-order chi connectivity index (χ0) is 8.10. The van der Waals surface area contributed by atoms with E-state index in [0.717, 1.165) is 5.56 Å². The van der Waals surface area contributed by atoms with E-state index in [-0.39, 0.29) is 0 Å². The first kappa shape index (κ1) is 7.49. The van der Waals surface area contributed by atoms with Gasteiger partial charge in [-0.3, -0.25) is 0 Å². The second-order valence-corrected chi connectivity index (χ2v) is 2.26. The van der Waals surface area contributed by atoms with Crippen molar-refractivity contribution in [2.45, 2.75) is 0 Å². The number of allylic oxidation sites excluding steroid dienone is 1. The molecule has 54 valence electrons. The Labute approximate surface area is 66.0 Å². The van der Waals surface area contributed by atoms with Crippen LogP contribution < -0.4 is 4.57 Å². The van der Waals surface area contributed by atoms with Crippen LogP contribution in [0.3, 0.4) is 0 Å². The van der Waals surface area contributed by atoms with Crippen LogP contribution >= 0.6 is 0 Å². The first-order valence-electron chi connectivity index (χ1n) is 3.34. The number of aromatic nitrogens is 1. The molecule has 1 heterocycles. The third-order valence-corrected chi connectivity index (χ3v) is 1.35. The minimum absolute atomic E-state index is 1.05. The normalized spacial score (nSPS) is 9.82. The largest absolute Gasteiger partial charge is 0.208 e. The van der Waals surface area contributed by atoms with Crippen LogP contribution in [0.4, 0.5) is 0 Å². The monoisotopic (exact) mass is 145 g/mol. The molecule has 0 bridgehead atoms. The van der Waals surface area contributed by atoms with Crippen molar-refractivity contribution in [1.29, 1.82) is 5.26 Å². The molecule has 0 unspecified atom stereocenters. The van der Waals surface area contributed by atoms with E-state index in [1.165, 1.54) is 6.08 Å². The molecule has 0 aliphatic carbocycles. The van der Waals surface area contributed by atoms with Crippen LogP contribution in [0, 0.1) is 11.3 Å². The second kappa shape index (κ2) is 3.52. The van der Waals surface area contributed by atoms with Crippen LogP contribution in [0.15, 0.2) is 30.6 Å². The molecule has 0 aromatic carbocycles. The quantitative estimate of drug-likeness (QED) is 0.428. The van der Waals surface area contributed by atoms with Crippen molar-refractivity contribution in [3.8, 4) is 6.07 Å². The summed E-state index contributed by atoms with van der Waals surface area (Å²) in [7, 11) is 1.96. The Morgan fingerprint density at radius 1 is 1.45 bits per heavy atom. The molecule has 1 aromatic heterocycles. The molecule has 0 saturated heterocycles. The first-order valence-corrected chi connectivity index (χ1v) is 3.34. The maximum atomic E-state index is 8.24. The Morgan fingerprint density at radius 2 is 2.09 bits per heavy atom. The van der Waals surface area contributed by atoms with E-state index in [1.54, 1.807) is 6.08 Å². The molecule has 2 nitrogen and oxygen atoms in total. The summed E-state index contributed by atoms with van der Waals surface area (Å²) in [6.07, 6.45) is 7.13. The SMILES string of the molecule is C[n+]1ccc(/C=C/C#N)cc1. The van der Waals surface area contributed by atoms with Crippen LogP contribution in [0.5, 0.6) is 0 Å². The minimum atomic E-state index is 1.05. The molecule has 0 saturated carbocycles. The van der Waals surface area contributed by atoms with Gasteiger partial charge in [0.05, 0.1) is 6.07 Å². The summed E-state index contributed by atoms with van der Waals surface area (Å²) in [5.41, 5.74) is 1.05. The summed E-state index contributed by atoms with van der Waals surface area (Å²) in [5, 5.41) is 8.24. The van der Waals surface area contributed by atoms with Gasteiger partial charge < -0.3 is 0 Å². The zero-order valence-electron chi connectivity index (χ0n) is 6.36. The number of pyridine rings is 1. The van der Waals surface area contributed by atoms with Crippen LogP contribution in [-0.2, 0) is 7.05 Å². The Morgan fingerprint density at radius 3 is 2.64 bits per heavy atom. The van der Waals surface area contributed by atoms with Crippen molar-refractivity contribution in [2.75, 3.05) is 0 Å². The summed E-state index contributed by atoms with van der Waals surface area (Å²) in [5.74, 6) is 0. The van der Waals surface area contributed by atoms with Gasteiger partial charge in [0.25, 0.3) is 0 Å². The molecule has 1 aromatic rings. The van der Waals surface area contributed by atoms with Gasteiger partial charge in [-0.05, 0) is 11.6 Å². The third kappa shape index (κ3) is 2.23. The summed E-state index contributed by atoms with van der Waals surface area (Å²) in [6, 6.07) is 5.85. The lowest BCUT2D eigenvalue weighted by Gasteiger charge is -1.87. The summed E-state index contributed by atoms with van der Waals surface area (Å²) in [4.78, 5) is 0. The van der Waals surface area contributed by atoms with Crippen molar-refractivity contribution in [2.24, 2.45) is 7.05 Å². The number of hydrogen-bond acceptors (Lipinski definition) is 1. The highest BCUT2D eigenvalue weighted by molar-refractivity contribution is 5.50. The highest BCUT2D eigenvalue weighted by atomic mass is 14.9. The molecule has 1 rings (SSSR count). The van der Waals surface area contributed by atoms with Gasteiger partial charge in [0.15, 0.2) is 12.4 Å². The Kier molecular flexibility index (Phi) is 2.40. The lowest BCUT2D eigenvalue weighted by molar-refractivity contribution is -0.671. The molecule has 11 heavy (non-hydrogen) atoms. The molecular weight excluding hydrogens is 136 g/mol. The lowest BCUT2D eigenvalue weighted by atomic mass is 10.2. The number of nitrogens with zero attached hydrogens (tertiary/aromatic N) is 2. The summed E-state index contributed by atoms with van der Waals surface area (Å²) in [6.45, 7) is 0. The number of rotatable bonds is 1. The van der Waals surface area contributed by atoms with E-state index >= 15 is 0 Å². The van der Waals surface area contributed by atoms with Gasteiger partial charge in [-0.1, -0.05) is 0 Å². The molecule has 0 spiro atoms. The maximum Gasteiger partial charge on any atom is 0.169 e. The molecule has 0 amide bonds. The smallest absolute Gasteiger partial charge is 0.169 e. The van der Waals surface area contributed by atoms with Crippen LogP contribution in [0.25, 0.3) is 6.08 Å². The molecule has 0 atom stereocenters. The molecule has 0 aliphatic heterocycles. The highest BCUT2D eigenvalue weighted by Crippen LogP contribution is 1.96. The number of aryl methyl sites for hydroxylation is 1. The van der Waals surface area contributed by atoms with Crippen LogP contribution in [0.2, 0.25) is 0 Å². The lowest BCUT2D eigenvalue weighted by Crippen LogP contribution is -2.25. The van der Waals surface area contributed by atoms with E-state index < -0.39 is 0 Å². The third-order valence-electron chi connectivity index (χ3n) is 1.35. The van der Waals surface area contributed by atoms with E-state index in [2.05, 4.69) is 0 Å². The topological polar surface area (TPSA) is 27.7 Å². The number of nitriles is 1. The van der Waals surface area contributed by atoms with E-state index in [4.69, 9.17) is 5.26 Å². The average molecular weight is 145 g/mol. The molecule has 0 radical (unpaired) electrons. The van der Waals surface area contributed by atoms with Gasteiger partial charge in [0.1, 0.15) is 7.05 Å². The van der Waals surface area contributed by atoms with E-state index in [9.17, 15) is 0 Å². The Balaban J connectivity index is 2.84. The van der Waals surface area contributed by atoms with Crippen molar-refractivity contribution in [3.63, 3.8) is 0 Å². The first-order chi connectivity index (χ1) is 5.33. The van der Waals surface area contributed by atoms with Gasteiger partial charge in [-0.25, -0.2) is 4.57 Å². The van der Waals surface area contributed by atoms with E-state index in [1.807, 2.05) is 42.2 Å². The number of hydrogen-bond donors (Lipinski definition) is 0. The maximum absolute atomic E-state index is 8.24. The Hall–Kier alpha value is -1.62. The highest BCUT2D eigenvalue weighted by Gasteiger charge is 1.89. The predicted molar refractivity (Wildman–Crippen MR) is 42.3 cm³/mol. The molecular formula is C9H9N2+. The van der Waals surface area contributed by atoms with Gasteiger partial charge in [-0.2, -0.15) is 5.26 Å². The molecule has 0 N–H and O–H groups in total. The van der Waals surface area contributed by atoms with E-state index in [0.29, 0.717) is 0 Å². The predicted octanol–water partition coefficient (Wildman–Crippen LogP) is 1.05. The summed E-state index contributed by atoms with van der Waals surface area (Å²) >= 11 is 0. The second-order valence-electron chi connectivity index (χ2n) is 2.26. The van der Waals surface area contributed by atoms with Crippen molar-refractivity contribution < 1.29 is 4.57 Å². The molecule has 0 aliphatic rings. The van der Waals surface area contributed by atoms with Gasteiger partial charge >= 0.3 is 0 Å².